The number of hydrogen-bond donors (Lipinski definition) is 1. The molecule has 154 valence electrons. The molecule has 0 aliphatic carbocycles. The van der Waals surface area contributed by atoms with Crippen molar-refractivity contribution < 1.29 is 22.3 Å². The third kappa shape index (κ3) is 4.68. The summed E-state index contributed by atoms with van der Waals surface area (Å²) in [5.41, 5.74) is 1.42. The van der Waals surface area contributed by atoms with Gasteiger partial charge in [-0.15, -0.1) is 0 Å². The Bertz CT molecular complexity index is 1090. The van der Waals surface area contributed by atoms with Gasteiger partial charge in [-0.25, -0.2) is 13.4 Å². The van der Waals surface area contributed by atoms with Crippen LogP contribution in [0.2, 0.25) is 0 Å². The summed E-state index contributed by atoms with van der Waals surface area (Å²) in [7, 11) is -2.30. The van der Waals surface area contributed by atoms with E-state index in [1.807, 2.05) is 0 Å². The van der Waals surface area contributed by atoms with Gasteiger partial charge in [0, 0.05) is 12.4 Å². The van der Waals surface area contributed by atoms with Crippen LogP contribution in [0.3, 0.4) is 0 Å². The molecule has 4 rings (SSSR count). The summed E-state index contributed by atoms with van der Waals surface area (Å²) in [6, 6.07) is 11.5. The first kappa shape index (κ1) is 20.1. The van der Waals surface area contributed by atoms with E-state index in [4.69, 9.17) is 13.9 Å². The Balaban J connectivity index is 1.51. The number of ether oxygens (including phenoxy) is 2. The van der Waals surface area contributed by atoms with E-state index in [1.54, 1.807) is 30.3 Å². The highest BCUT2D eigenvalue weighted by Gasteiger charge is 2.19. The molecule has 0 radical (unpaired) electrons. The summed E-state index contributed by atoms with van der Waals surface area (Å²) in [5, 5.41) is 0.515. The zero-order valence-corrected chi connectivity index (χ0v) is 17.6. The number of thioether (sulfide) groups is 1. The highest BCUT2D eigenvalue weighted by molar-refractivity contribution is 7.99. The van der Waals surface area contributed by atoms with E-state index in [0.29, 0.717) is 27.8 Å². The van der Waals surface area contributed by atoms with E-state index < -0.39 is 10.0 Å². The second-order valence-electron chi connectivity index (χ2n) is 6.71. The molecule has 29 heavy (non-hydrogen) atoms. The standard InChI is InChI=1S/C20H22N2O5S2/c1-25-18-8-3-2-7-16(18)22-29(23,24)15-9-10-19-17(12-15)21-20(27-19)28-13-14-6-4-5-11-26-14/h2-3,7-10,12,14,22H,4-6,11,13H2,1H3/t14-/m0/s1. The van der Waals surface area contributed by atoms with Crippen LogP contribution >= 0.6 is 11.8 Å². The zero-order chi connectivity index (χ0) is 20.3. The van der Waals surface area contributed by atoms with Gasteiger partial charge in [-0.05, 0) is 49.6 Å². The molecule has 0 amide bonds. The molecule has 0 spiro atoms. The van der Waals surface area contributed by atoms with Crippen molar-refractivity contribution in [3.05, 3.63) is 42.5 Å². The lowest BCUT2D eigenvalue weighted by Gasteiger charge is -2.21. The van der Waals surface area contributed by atoms with Gasteiger partial charge in [-0.3, -0.25) is 4.72 Å². The third-order valence-corrected chi connectivity index (χ3v) is 6.99. The van der Waals surface area contributed by atoms with Crippen LogP contribution in [0, 0.1) is 0 Å². The van der Waals surface area contributed by atoms with Crippen LogP contribution in [0.25, 0.3) is 11.1 Å². The first-order valence-electron chi connectivity index (χ1n) is 9.36. The number of fused-ring (bicyclic) bond motifs is 1. The SMILES string of the molecule is COc1ccccc1NS(=O)(=O)c1ccc2oc(SC[C@@H]3CCCCO3)nc2c1. The predicted molar refractivity (Wildman–Crippen MR) is 112 cm³/mol. The van der Waals surface area contributed by atoms with Crippen molar-refractivity contribution >= 4 is 38.6 Å². The van der Waals surface area contributed by atoms with E-state index in [9.17, 15) is 8.42 Å². The van der Waals surface area contributed by atoms with E-state index >= 15 is 0 Å². The fourth-order valence-electron chi connectivity index (χ4n) is 3.15. The molecule has 1 N–H and O–H groups in total. The van der Waals surface area contributed by atoms with Crippen molar-refractivity contribution in [2.45, 2.75) is 35.5 Å². The first-order chi connectivity index (χ1) is 14.0. The Kier molecular flexibility index (Phi) is 5.98. The fraction of sp³-hybridized carbons (Fsp3) is 0.350. The number of oxazole rings is 1. The molecule has 1 aliphatic heterocycles. The topological polar surface area (TPSA) is 90.7 Å². The van der Waals surface area contributed by atoms with E-state index in [1.165, 1.54) is 37.4 Å². The highest BCUT2D eigenvalue weighted by Crippen LogP contribution is 2.30. The van der Waals surface area contributed by atoms with Gasteiger partial charge >= 0.3 is 0 Å². The summed E-state index contributed by atoms with van der Waals surface area (Å²) in [5.74, 6) is 1.22. The molecule has 0 bridgehead atoms. The zero-order valence-electron chi connectivity index (χ0n) is 16.0. The van der Waals surface area contributed by atoms with Gasteiger partial charge in [-0.2, -0.15) is 0 Å². The van der Waals surface area contributed by atoms with Crippen LogP contribution in [0.1, 0.15) is 19.3 Å². The fourth-order valence-corrected chi connectivity index (χ4v) is 5.14. The number of nitrogens with zero attached hydrogens (tertiary/aromatic N) is 1. The maximum absolute atomic E-state index is 12.8. The van der Waals surface area contributed by atoms with Crippen molar-refractivity contribution in [2.24, 2.45) is 0 Å². The van der Waals surface area contributed by atoms with E-state index in [2.05, 4.69) is 9.71 Å². The van der Waals surface area contributed by atoms with Crippen LogP contribution in [0.5, 0.6) is 5.75 Å². The van der Waals surface area contributed by atoms with Crippen molar-refractivity contribution in [1.82, 2.24) is 4.98 Å². The number of nitrogens with one attached hydrogen (secondary N) is 1. The summed E-state index contributed by atoms with van der Waals surface area (Å²) >= 11 is 1.49. The molecular weight excluding hydrogens is 412 g/mol. The normalized spacial score (nSPS) is 17.3. The van der Waals surface area contributed by atoms with Gasteiger partial charge in [0.25, 0.3) is 15.2 Å². The molecule has 1 aromatic heterocycles. The summed E-state index contributed by atoms with van der Waals surface area (Å²) in [4.78, 5) is 4.54. The number of anilines is 1. The van der Waals surface area contributed by atoms with Crippen LogP contribution < -0.4 is 9.46 Å². The van der Waals surface area contributed by atoms with Crippen molar-refractivity contribution in [3.63, 3.8) is 0 Å². The van der Waals surface area contributed by atoms with Crippen molar-refractivity contribution in [2.75, 3.05) is 24.2 Å². The molecule has 2 aromatic carbocycles. The summed E-state index contributed by atoms with van der Waals surface area (Å²) < 4.78 is 44.8. The van der Waals surface area contributed by atoms with E-state index in [-0.39, 0.29) is 11.0 Å². The minimum atomic E-state index is -3.80. The number of para-hydroxylation sites is 2. The maximum Gasteiger partial charge on any atom is 0.262 e. The Labute approximate surface area is 173 Å². The Hall–Kier alpha value is -2.23. The second-order valence-corrected chi connectivity index (χ2v) is 9.37. The first-order valence-corrected chi connectivity index (χ1v) is 11.8. The molecular formula is C20H22N2O5S2. The third-order valence-electron chi connectivity index (χ3n) is 4.67. The molecule has 1 saturated heterocycles. The molecule has 0 unspecified atom stereocenters. The Morgan fingerprint density at radius 2 is 2.10 bits per heavy atom. The van der Waals surface area contributed by atoms with Crippen LogP contribution in [-0.4, -0.2) is 39.0 Å². The van der Waals surface area contributed by atoms with Crippen molar-refractivity contribution in [1.29, 1.82) is 0 Å². The largest absolute Gasteiger partial charge is 0.495 e. The molecule has 1 fully saturated rings. The number of rotatable bonds is 7. The van der Waals surface area contributed by atoms with Gasteiger partial charge in [0.05, 0.1) is 23.8 Å². The van der Waals surface area contributed by atoms with Gasteiger partial charge in [0.2, 0.25) is 0 Å². The molecule has 0 saturated carbocycles. The molecule has 9 heteroatoms. The van der Waals surface area contributed by atoms with E-state index in [0.717, 1.165) is 25.2 Å². The lowest BCUT2D eigenvalue weighted by atomic mass is 10.1. The highest BCUT2D eigenvalue weighted by atomic mass is 32.2. The monoisotopic (exact) mass is 434 g/mol. The lowest BCUT2D eigenvalue weighted by Crippen LogP contribution is -2.21. The van der Waals surface area contributed by atoms with Crippen LogP contribution in [0.15, 0.2) is 57.0 Å². The predicted octanol–water partition coefficient (Wildman–Crippen LogP) is 4.30. The number of aromatic nitrogens is 1. The number of benzene rings is 2. The van der Waals surface area contributed by atoms with Crippen LogP contribution in [-0.2, 0) is 14.8 Å². The molecule has 2 heterocycles. The van der Waals surface area contributed by atoms with Gasteiger partial charge in [-0.1, -0.05) is 23.9 Å². The molecule has 3 aromatic rings. The van der Waals surface area contributed by atoms with Gasteiger partial charge in [0.1, 0.15) is 11.3 Å². The minimum Gasteiger partial charge on any atom is -0.495 e. The Morgan fingerprint density at radius 3 is 2.90 bits per heavy atom. The van der Waals surface area contributed by atoms with Gasteiger partial charge in [0.15, 0.2) is 5.58 Å². The van der Waals surface area contributed by atoms with Crippen LogP contribution in [0.4, 0.5) is 5.69 Å². The number of hydrogen-bond acceptors (Lipinski definition) is 7. The number of sulfonamides is 1. The smallest absolute Gasteiger partial charge is 0.262 e. The van der Waals surface area contributed by atoms with Gasteiger partial charge < -0.3 is 13.9 Å². The van der Waals surface area contributed by atoms with Crippen molar-refractivity contribution in [3.8, 4) is 5.75 Å². The summed E-state index contributed by atoms with van der Waals surface area (Å²) in [6.07, 6.45) is 3.55. The lowest BCUT2D eigenvalue weighted by molar-refractivity contribution is 0.0314. The Morgan fingerprint density at radius 1 is 1.24 bits per heavy atom. The molecule has 1 aliphatic rings. The number of methoxy groups -OCH3 is 1. The average Bonchev–Trinajstić information content (AvgIpc) is 3.15. The molecule has 7 nitrogen and oxygen atoms in total. The second kappa shape index (κ2) is 8.64. The minimum absolute atomic E-state index is 0.108. The molecule has 1 atom stereocenters. The average molecular weight is 435 g/mol. The summed E-state index contributed by atoms with van der Waals surface area (Å²) in [6.45, 7) is 0.805. The quantitative estimate of drug-likeness (QED) is 0.555. The maximum atomic E-state index is 12.8.